The fourth-order valence-corrected chi connectivity index (χ4v) is 0.979. The number of hydrogen-bond donors (Lipinski definition) is 0. The molecule has 0 aliphatic rings. The van der Waals surface area contributed by atoms with E-state index in [1.165, 1.54) is 4.90 Å². The van der Waals surface area contributed by atoms with Gasteiger partial charge in [0.2, 0.25) is 6.41 Å². The molecule has 0 spiro atoms. The monoisotopic (exact) mass is 177 g/mol. The van der Waals surface area contributed by atoms with E-state index in [0.29, 0.717) is 12.0 Å². The second kappa shape index (κ2) is 4.40. The van der Waals surface area contributed by atoms with Gasteiger partial charge in [0, 0.05) is 12.6 Å². The number of ketones is 1. The number of carbonyl (C=O) groups is 2. The lowest BCUT2D eigenvalue weighted by molar-refractivity contribution is -0.116. The Kier molecular flexibility index (Phi) is 3.20. The van der Waals surface area contributed by atoms with Crippen molar-refractivity contribution in [3.8, 4) is 0 Å². The summed E-state index contributed by atoms with van der Waals surface area (Å²) >= 11 is 0. The van der Waals surface area contributed by atoms with E-state index in [0.717, 1.165) is 0 Å². The van der Waals surface area contributed by atoms with Crippen LogP contribution in [0.2, 0.25) is 0 Å². The first-order chi connectivity index (χ1) is 6.24. The van der Waals surface area contributed by atoms with Gasteiger partial charge >= 0.3 is 0 Å². The Labute approximate surface area is 77.0 Å². The van der Waals surface area contributed by atoms with Gasteiger partial charge in [0.1, 0.15) is 0 Å². The van der Waals surface area contributed by atoms with Gasteiger partial charge in [-0.3, -0.25) is 9.59 Å². The van der Waals surface area contributed by atoms with Crippen LogP contribution >= 0.6 is 0 Å². The first-order valence-electron chi connectivity index (χ1n) is 3.98. The van der Waals surface area contributed by atoms with Crippen molar-refractivity contribution in [1.29, 1.82) is 0 Å². The predicted molar refractivity (Wildman–Crippen MR) is 49.5 cm³/mol. The van der Waals surface area contributed by atoms with E-state index in [1.807, 2.05) is 6.07 Å². The van der Waals surface area contributed by atoms with Crippen LogP contribution in [0.4, 0.5) is 0 Å². The minimum Gasteiger partial charge on any atom is -0.341 e. The van der Waals surface area contributed by atoms with Gasteiger partial charge in [0.05, 0.1) is 6.54 Å². The molecule has 1 aromatic rings. The van der Waals surface area contributed by atoms with Gasteiger partial charge in [-0.1, -0.05) is 30.3 Å². The fourth-order valence-electron chi connectivity index (χ4n) is 0.979. The third-order valence-corrected chi connectivity index (χ3v) is 1.67. The number of Topliss-reactive ketones (excluding diaryl/α,β-unsaturated/α-hetero) is 1. The Hall–Kier alpha value is -1.64. The van der Waals surface area contributed by atoms with Gasteiger partial charge in [0.15, 0.2) is 5.78 Å². The van der Waals surface area contributed by atoms with Crippen molar-refractivity contribution >= 4 is 12.2 Å². The number of rotatable bonds is 4. The van der Waals surface area contributed by atoms with Crippen molar-refractivity contribution < 1.29 is 9.59 Å². The van der Waals surface area contributed by atoms with Gasteiger partial charge < -0.3 is 4.90 Å². The van der Waals surface area contributed by atoms with Crippen molar-refractivity contribution in [3.63, 3.8) is 0 Å². The standard InChI is InChI=1S/C10H11NO2/c1-11(8-12)7-10(13)9-5-3-2-4-6-9/h2-6,8H,7H2,1H3. The van der Waals surface area contributed by atoms with Crippen LogP contribution in [0, 0.1) is 0 Å². The van der Waals surface area contributed by atoms with Crippen molar-refractivity contribution in [2.75, 3.05) is 13.6 Å². The molecular weight excluding hydrogens is 166 g/mol. The molecule has 0 saturated heterocycles. The first kappa shape index (κ1) is 9.45. The van der Waals surface area contributed by atoms with Crippen LogP contribution < -0.4 is 0 Å². The summed E-state index contributed by atoms with van der Waals surface area (Å²) in [7, 11) is 1.58. The van der Waals surface area contributed by atoms with E-state index in [1.54, 1.807) is 31.3 Å². The van der Waals surface area contributed by atoms with Gasteiger partial charge in [0.25, 0.3) is 0 Å². The van der Waals surface area contributed by atoms with Crippen molar-refractivity contribution in [3.05, 3.63) is 35.9 Å². The predicted octanol–water partition coefficient (Wildman–Crippen LogP) is 0.958. The third-order valence-electron chi connectivity index (χ3n) is 1.67. The zero-order valence-corrected chi connectivity index (χ0v) is 7.43. The molecule has 3 nitrogen and oxygen atoms in total. The molecule has 13 heavy (non-hydrogen) atoms. The second-order valence-electron chi connectivity index (χ2n) is 2.81. The maximum atomic E-state index is 11.4. The Morgan fingerprint density at radius 3 is 2.54 bits per heavy atom. The minimum atomic E-state index is -0.0461. The maximum absolute atomic E-state index is 11.4. The largest absolute Gasteiger partial charge is 0.341 e. The molecule has 0 N–H and O–H groups in total. The highest BCUT2D eigenvalue weighted by atomic mass is 16.1. The lowest BCUT2D eigenvalue weighted by atomic mass is 10.1. The third kappa shape index (κ3) is 2.71. The van der Waals surface area contributed by atoms with Crippen molar-refractivity contribution in [2.45, 2.75) is 0 Å². The van der Waals surface area contributed by atoms with E-state index in [-0.39, 0.29) is 12.3 Å². The maximum Gasteiger partial charge on any atom is 0.209 e. The molecule has 1 aromatic carbocycles. The first-order valence-corrected chi connectivity index (χ1v) is 3.98. The van der Waals surface area contributed by atoms with Crippen molar-refractivity contribution in [2.24, 2.45) is 0 Å². The Morgan fingerprint density at radius 1 is 1.38 bits per heavy atom. The van der Waals surface area contributed by atoms with E-state index < -0.39 is 0 Å². The van der Waals surface area contributed by atoms with Crippen LogP contribution in [0.1, 0.15) is 10.4 Å². The number of carbonyl (C=O) groups excluding carboxylic acids is 2. The molecule has 1 rings (SSSR count). The van der Waals surface area contributed by atoms with Gasteiger partial charge in [-0.15, -0.1) is 0 Å². The molecule has 68 valence electrons. The molecule has 3 heteroatoms. The molecular formula is C10H11NO2. The summed E-state index contributed by atoms with van der Waals surface area (Å²) in [5, 5.41) is 0. The highest BCUT2D eigenvalue weighted by Crippen LogP contribution is 1.99. The molecule has 0 aliphatic carbocycles. The molecule has 0 saturated carbocycles. The van der Waals surface area contributed by atoms with E-state index in [4.69, 9.17) is 0 Å². The molecule has 0 radical (unpaired) electrons. The average molecular weight is 177 g/mol. The minimum absolute atomic E-state index is 0.0461. The Bertz CT molecular complexity index is 295. The molecule has 0 aliphatic heterocycles. The Balaban J connectivity index is 2.64. The highest BCUT2D eigenvalue weighted by Gasteiger charge is 2.06. The molecule has 0 unspecified atom stereocenters. The molecule has 0 atom stereocenters. The molecule has 0 heterocycles. The fraction of sp³-hybridized carbons (Fsp3) is 0.200. The number of benzene rings is 1. The lowest BCUT2D eigenvalue weighted by Crippen LogP contribution is -2.24. The highest BCUT2D eigenvalue weighted by molar-refractivity contribution is 5.98. The average Bonchev–Trinajstić information content (AvgIpc) is 2.19. The van der Waals surface area contributed by atoms with Gasteiger partial charge in [-0.2, -0.15) is 0 Å². The zero-order chi connectivity index (χ0) is 9.68. The molecule has 1 amide bonds. The summed E-state index contributed by atoms with van der Waals surface area (Å²) in [6.45, 7) is 0.132. The smallest absolute Gasteiger partial charge is 0.209 e. The lowest BCUT2D eigenvalue weighted by Gasteiger charge is -2.08. The SMILES string of the molecule is CN(C=O)CC(=O)c1ccccc1. The van der Waals surface area contributed by atoms with Crippen LogP contribution in [0.15, 0.2) is 30.3 Å². The number of likely N-dealkylation sites (N-methyl/N-ethyl adjacent to an activating group) is 1. The van der Waals surface area contributed by atoms with E-state index in [2.05, 4.69) is 0 Å². The van der Waals surface area contributed by atoms with Gasteiger partial charge in [-0.05, 0) is 0 Å². The quantitative estimate of drug-likeness (QED) is 0.507. The van der Waals surface area contributed by atoms with Crippen LogP contribution in [0.5, 0.6) is 0 Å². The number of nitrogens with zero attached hydrogens (tertiary/aromatic N) is 1. The number of amides is 1. The summed E-state index contributed by atoms with van der Waals surface area (Å²) in [6, 6.07) is 8.92. The van der Waals surface area contributed by atoms with Crippen LogP contribution in [-0.2, 0) is 4.79 Å². The van der Waals surface area contributed by atoms with Crippen LogP contribution in [0.25, 0.3) is 0 Å². The molecule has 0 fully saturated rings. The van der Waals surface area contributed by atoms with E-state index in [9.17, 15) is 9.59 Å². The summed E-state index contributed by atoms with van der Waals surface area (Å²) in [5.41, 5.74) is 0.635. The van der Waals surface area contributed by atoms with Crippen molar-refractivity contribution in [1.82, 2.24) is 4.90 Å². The van der Waals surface area contributed by atoms with Crippen LogP contribution in [-0.4, -0.2) is 30.7 Å². The van der Waals surface area contributed by atoms with E-state index >= 15 is 0 Å². The zero-order valence-electron chi connectivity index (χ0n) is 7.43. The topological polar surface area (TPSA) is 37.4 Å². The summed E-state index contributed by atoms with van der Waals surface area (Å²) < 4.78 is 0. The summed E-state index contributed by atoms with van der Waals surface area (Å²) in [4.78, 5) is 23.0. The summed E-state index contributed by atoms with van der Waals surface area (Å²) in [5.74, 6) is -0.0461. The van der Waals surface area contributed by atoms with Crippen LogP contribution in [0.3, 0.4) is 0 Å². The second-order valence-corrected chi connectivity index (χ2v) is 2.81. The Morgan fingerprint density at radius 2 is 2.00 bits per heavy atom. The normalized spacial score (nSPS) is 9.31. The molecule has 0 aromatic heterocycles. The van der Waals surface area contributed by atoms with Gasteiger partial charge in [-0.25, -0.2) is 0 Å². The number of hydrogen-bond acceptors (Lipinski definition) is 2. The molecule has 0 bridgehead atoms. The summed E-state index contributed by atoms with van der Waals surface area (Å²) in [6.07, 6.45) is 0.640.